The summed E-state index contributed by atoms with van der Waals surface area (Å²) in [4.78, 5) is 0. The van der Waals surface area contributed by atoms with E-state index in [9.17, 15) is 0 Å². The van der Waals surface area contributed by atoms with E-state index < -0.39 is 8.07 Å². The van der Waals surface area contributed by atoms with E-state index in [0.717, 1.165) is 17.4 Å². The largest absolute Gasteiger partial charge is 0.0808 e. The number of benzene rings is 3. The fourth-order valence-corrected chi connectivity index (χ4v) is 13.3. The number of hydrogen-bond acceptors (Lipinski definition) is 0. The molecule has 0 heterocycles. The van der Waals surface area contributed by atoms with Crippen LogP contribution >= 0.6 is 0 Å². The fraction of sp³-hybridized carbons (Fsp3) is 0.455. The Labute approximate surface area is 208 Å². The Morgan fingerprint density at radius 1 is 0.971 bits per heavy atom. The number of allylic oxidation sites excluding steroid dienone is 4. The van der Waals surface area contributed by atoms with Crippen LogP contribution in [0.2, 0.25) is 24.7 Å². The van der Waals surface area contributed by atoms with E-state index in [4.69, 9.17) is 0 Å². The second-order valence-corrected chi connectivity index (χ2v) is 17.3. The minimum absolute atomic E-state index is 0.642. The van der Waals surface area contributed by atoms with Crippen molar-refractivity contribution in [3.63, 3.8) is 0 Å². The number of hydrogen-bond donors (Lipinski definition) is 0. The summed E-state index contributed by atoms with van der Waals surface area (Å²) in [6.07, 6.45) is 10.1. The van der Waals surface area contributed by atoms with Gasteiger partial charge in [0.25, 0.3) is 0 Å². The Bertz CT molecular complexity index is 1290. The minimum atomic E-state index is -1.36. The molecule has 5 atom stereocenters. The Hall–Kier alpha value is -2.12. The molecule has 5 unspecified atom stereocenters. The topological polar surface area (TPSA) is 0 Å². The molecule has 0 aliphatic heterocycles. The van der Waals surface area contributed by atoms with Gasteiger partial charge >= 0.3 is 0 Å². The van der Waals surface area contributed by atoms with Crippen LogP contribution in [0, 0.1) is 37.5 Å². The third-order valence-electron chi connectivity index (χ3n) is 9.34. The summed E-state index contributed by atoms with van der Waals surface area (Å²) in [5.74, 6) is 2.99. The van der Waals surface area contributed by atoms with Crippen LogP contribution in [0.1, 0.15) is 50.3 Å². The maximum atomic E-state index is 2.69. The quantitative estimate of drug-likeness (QED) is 0.259. The first-order chi connectivity index (χ1) is 16.2. The predicted molar refractivity (Wildman–Crippen MR) is 154 cm³/mol. The number of rotatable bonds is 5. The highest BCUT2D eigenvalue weighted by Crippen LogP contribution is 2.58. The fourth-order valence-electron chi connectivity index (χ4n) is 7.89. The molecular formula is C33H42Si. The van der Waals surface area contributed by atoms with Crippen molar-refractivity contribution in [3.8, 4) is 0 Å². The lowest BCUT2D eigenvalue weighted by Gasteiger charge is -2.39. The zero-order valence-corrected chi connectivity index (χ0v) is 23.3. The second-order valence-electron chi connectivity index (χ2n) is 12.2. The highest BCUT2D eigenvalue weighted by atomic mass is 28.3. The molecule has 1 heteroatoms. The number of fused-ring (bicyclic) bond motifs is 3. The van der Waals surface area contributed by atoms with Gasteiger partial charge in [-0.25, -0.2) is 0 Å². The van der Waals surface area contributed by atoms with Crippen molar-refractivity contribution in [1.29, 1.82) is 0 Å². The highest BCUT2D eigenvalue weighted by molar-refractivity contribution is 6.79. The van der Waals surface area contributed by atoms with Gasteiger partial charge in [0, 0.05) is 0 Å². The van der Waals surface area contributed by atoms with Crippen molar-refractivity contribution < 1.29 is 0 Å². The molecule has 1 saturated carbocycles. The van der Waals surface area contributed by atoms with Crippen LogP contribution in [0.15, 0.2) is 60.7 Å². The van der Waals surface area contributed by atoms with Crippen LogP contribution in [0.3, 0.4) is 0 Å². The van der Waals surface area contributed by atoms with Crippen molar-refractivity contribution in [2.75, 3.05) is 0 Å². The van der Waals surface area contributed by atoms with E-state index in [0.29, 0.717) is 11.8 Å². The lowest BCUT2D eigenvalue weighted by atomic mass is 9.77. The van der Waals surface area contributed by atoms with Gasteiger partial charge < -0.3 is 0 Å². The molecule has 0 spiro atoms. The Morgan fingerprint density at radius 2 is 1.68 bits per heavy atom. The first kappa shape index (κ1) is 23.6. The van der Waals surface area contributed by atoms with E-state index in [1.165, 1.54) is 57.1 Å². The van der Waals surface area contributed by atoms with Crippen molar-refractivity contribution in [1.82, 2.24) is 0 Å². The molecule has 3 aromatic rings. The zero-order chi connectivity index (χ0) is 24.2. The lowest BCUT2D eigenvalue weighted by molar-refractivity contribution is 0.533. The molecule has 0 radical (unpaired) electrons. The first-order valence-electron chi connectivity index (χ1n) is 13.5. The molecule has 0 bridgehead atoms. The summed E-state index contributed by atoms with van der Waals surface area (Å²) in [5, 5.41) is 5.71. The Kier molecular flexibility index (Phi) is 6.13. The normalized spacial score (nSPS) is 25.6. The van der Waals surface area contributed by atoms with Crippen LogP contribution in [0.5, 0.6) is 0 Å². The molecule has 3 aromatic carbocycles. The molecule has 1 fully saturated rings. The summed E-state index contributed by atoms with van der Waals surface area (Å²) in [6.45, 7) is 17.3. The molecule has 0 saturated heterocycles. The van der Waals surface area contributed by atoms with Gasteiger partial charge in [-0.05, 0) is 87.7 Å². The Morgan fingerprint density at radius 3 is 2.41 bits per heavy atom. The van der Waals surface area contributed by atoms with Crippen molar-refractivity contribution in [2.24, 2.45) is 23.7 Å². The summed E-state index contributed by atoms with van der Waals surface area (Å²) in [5.41, 5.74) is 6.75. The lowest BCUT2D eigenvalue weighted by Crippen LogP contribution is -2.39. The number of aryl methyl sites for hydroxylation is 2. The van der Waals surface area contributed by atoms with Crippen LogP contribution in [0.25, 0.3) is 27.1 Å². The standard InChI is InChI=1S/C33H42Si/c1-8-21(2)20-34(6,7)33-23(4)19-30-28(14-11-15-29(30)33)32-27-13-10-9-12-25(27)24(5)26-17-16-22(3)18-31(26)32/h9-18,21,23,29-30,33H,8,19-20H2,1-7H3. The van der Waals surface area contributed by atoms with Crippen LogP contribution in [-0.4, -0.2) is 8.07 Å². The molecular weight excluding hydrogens is 424 g/mol. The van der Waals surface area contributed by atoms with Crippen LogP contribution in [-0.2, 0) is 0 Å². The molecule has 178 valence electrons. The van der Waals surface area contributed by atoms with Gasteiger partial charge in [0.05, 0.1) is 8.07 Å². The van der Waals surface area contributed by atoms with E-state index in [1.54, 1.807) is 5.57 Å². The van der Waals surface area contributed by atoms with Crippen LogP contribution in [0.4, 0.5) is 0 Å². The van der Waals surface area contributed by atoms with Crippen molar-refractivity contribution >= 4 is 35.2 Å². The molecule has 0 amide bonds. The minimum Gasteiger partial charge on any atom is -0.0808 e. The van der Waals surface area contributed by atoms with Crippen molar-refractivity contribution in [2.45, 2.75) is 72.1 Å². The van der Waals surface area contributed by atoms with Gasteiger partial charge in [-0.2, -0.15) is 0 Å². The van der Waals surface area contributed by atoms with E-state index >= 15 is 0 Å². The molecule has 0 N–H and O–H groups in total. The van der Waals surface area contributed by atoms with Crippen LogP contribution < -0.4 is 0 Å². The second kappa shape index (κ2) is 8.83. The van der Waals surface area contributed by atoms with Gasteiger partial charge in [-0.1, -0.05) is 113 Å². The summed E-state index contributed by atoms with van der Waals surface area (Å²) in [6, 6.07) is 17.7. The predicted octanol–water partition coefficient (Wildman–Crippen LogP) is 9.96. The molecule has 34 heavy (non-hydrogen) atoms. The molecule has 0 aromatic heterocycles. The summed E-state index contributed by atoms with van der Waals surface area (Å²) >= 11 is 0. The summed E-state index contributed by atoms with van der Waals surface area (Å²) < 4.78 is 0. The molecule has 5 rings (SSSR count). The van der Waals surface area contributed by atoms with E-state index in [-0.39, 0.29) is 0 Å². The zero-order valence-electron chi connectivity index (χ0n) is 22.3. The highest BCUT2D eigenvalue weighted by Gasteiger charge is 2.49. The molecule has 2 aliphatic carbocycles. The molecule has 2 aliphatic rings. The average Bonchev–Trinajstić information content (AvgIpc) is 3.16. The van der Waals surface area contributed by atoms with Gasteiger partial charge in [0.1, 0.15) is 0 Å². The SMILES string of the molecule is CCC(C)C[Si](C)(C)C1C(C)CC2C(c3c4ccccc4c(C)c4ccc(C)cc34)=CC=CC21. The van der Waals surface area contributed by atoms with Crippen molar-refractivity contribution in [3.05, 3.63) is 77.4 Å². The average molecular weight is 467 g/mol. The van der Waals surface area contributed by atoms with E-state index in [2.05, 4.69) is 108 Å². The monoisotopic (exact) mass is 466 g/mol. The maximum absolute atomic E-state index is 2.69. The first-order valence-corrected chi connectivity index (χ1v) is 16.8. The van der Waals surface area contributed by atoms with Gasteiger partial charge in [0.2, 0.25) is 0 Å². The summed E-state index contributed by atoms with van der Waals surface area (Å²) in [7, 11) is -1.36. The Balaban J connectivity index is 1.67. The smallest absolute Gasteiger partial charge is 0.0516 e. The van der Waals surface area contributed by atoms with Gasteiger partial charge in [0.15, 0.2) is 0 Å². The third-order valence-corrected chi connectivity index (χ3v) is 13.8. The maximum Gasteiger partial charge on any atom is 0.0516 e. The van der Waals surface area contributed by atoms with Gasteiger partial charge in [-0.15, -0.1) is 0 Å². The third kappa shape index (κ3) is 3.81. The molecule has 0 nitrogen and oxygen atoms in total. The van der Waals surface area contributed by atoms with E-state index in [1.807, 2.05) is 0 Å². The van der Waals surface area contributed by atoms with Gasteiger partial charge in [-0.3, -0.25) is 0 Å².